The molecule has 0 aromatic rings. The molecule has 2 N–H and O–H groups in total. The van der Waals surface area contributed by atoms with Crippen LogP contribution < -0.4 is 5.73 Å². The van der Waals surface area contributed by atoms with E-state index in [9.17, 15) is 0 Å². The minimum atomic E-state index is 0.851. The van der Waals surface area contributed by atoms with Gasteiger partial charge in [-0.15, -0.1) is 0 Å². The predicted octanol–water partition coefficient (Wildman–Crippen LogP) is 1.39. The average Bonchev–Trinajstić information content (AvgIpc) is 2.63. The van der Waals surface area contributed by atoms with Crippen LogP contribution in [0.1, 0.15) is 32.1 Å². The maximum absolute atomic E-state index is 5.48. The summed E-state index contributed by atoms with van der Waals surface area (Å²) in [6.07, 6.45) is 6.55. The van der Waals surface area contributed by atoms with Gasteiger partial charge in [0.15, 0.2) is 0 Å². The molecule has 1 aliphatic heterocycles. The van der Waals surface area contributed by atoms with Gasteiger partial charge in [-0.25, -0.2) is 0 Å². The lowest BCUT2D eigenvalue weighted by atomic mass is 10.1. The standard InChI is InChI=1S/C13H29N3/c1-15(9-6-4-3-5-8-14)11-13-7-10-16(2)12-13/h13H,3-12,14H2,1-2H3. The smallest absolute Gasteiger partial charge is 0.00193 e. The fraction of sp³-hybridized carbons (Fsp3) is 1.00. The van der Waals surface area contributed by atoms with Gasteiger partial charge in [0.2, 0.25) is 0 Å². The van der Waals surface area contributed by atoms with Gasteiger partial charge in [-0.1, -0.05) is 12.8 Å². The molecule has 1 fully saturated rings. The minimum Gasteiger partial charge on any atom is -0.330 e. The second kappa shape index (κ2) is 8.04. The fourth-order valence-corrected chi connectivity index (χ4v) is 2.59. The molecule has 0 radical (unpaired) electrons. The Labute approximate surface area is 101 Å². The summed E-state index contributed by atoms with van der Waals surface area (Å²) in [5.41, 5.74) is 5.48. The van der Waals surface area contributed by atoms with Gasteiger partial charge in [-0.3, -0.25) is 0 Å². The average molecular weight is 227 g/mol. The van der Waals surface area contributed by atoms with Crippen LogP contribution in [0.3, 0.4) is 0 Å². The van der Waals surface area contributed by atoms with Crippen LogP contribution in [0.25, 0.3) is 0 Å². The first-order chi connectivity index (χ1) is 7.72. The van der Waals surface area contributed by atoms with Crippen LogP contribution in [0.4, 0.5) is 0 Å². The first-order valence-corrected chi connectivity index (χ1v) is 6.79. The third-order valence-corrected chi connectivity index (χ3v) is 3.55. The van der Waals surface area contributed by atoms with Crippen molar-refractivity contribution in [2.75, 3.05) is 46.8 Å². The van der Waals surface area contributed by atoms with Gasteiger partial charge in [0.1, 0.15) is 0 Å². The zero-order valence-electron chi connectivity index (χ0n) is 11.1. The molecule has 0 aromatic carbocycles. The van der Waals surface area contributed by atoms with Crippen molar-refractivity contribution >= 4 is 0 Å². The number of nitrogens with two attached hydrogens (primary N) is 1. The van der Waals surface area contributed by atoms with Crippen molar-refractivity contribution in [2.45, 2.75) is 32.1 Å². The molecule has 0 aliphatic carbocycles. The topological polar surface area (TPSA) is 32.5 Å². The second-order valence-electron chi connectivity index (χ2n) is 5.38. The molecular weight excluding hydrogens is 198 g/mol. The molecular formula is C13H29N3. The van der Waals surface area contributed by atoms with Gasteiger partial charge < -0.3 is 15.5 Å². The fourth-order valence-electron chi connectivity index (χ4n) is 2.59. The van der Waals surface area contributed by atoms with E-state index >= 15 is 0 Å². The maximum atomic E-state index is 5.48. The Balaban J connectivity index is 1.96. The summed E-state index contributed by atoms with van der Waals surface area (Å²) in [4.78, 5) is 4.95. The van der Waals surface area contributed by atoms with E-state index in [2.05, 4.69) is 23.9 Å². The Morgan fingerprint density at radius 1 is 1.25 bits per heavy atom. The number of hydrogen-bond donors (Lipinski definition) is 1. The highest BCUT2D eigenvalue weighted by molar-refractivity contribution is 4.75. The second-order valence-corrected chi connectivity index (χ2v) is 5.38. The summed E-state index contributed by atoms with van der Waals surface area (Å²) in [5.74, 6) is 0.902. The van der Waals surface area contributed by atoms with E-state index in [-0.39, 0.29) is 0 Å². The highest BCUT2D eigenvalue weighted by atomic mass is 15.1. The van der Waals surface area contributed by atoms with Gasteiger partial charge in [-0.2, -0.15) is 0 Å². The highest BCUT2D eigenvalue weighted by Crippen LogP contribution is 2.15. The summed E-state index contributed by atoms with van der Waals surface area (Å²) in [6.45, 7) is 5.96. The van der Waals surface area contributed by atoms with Crippen molar-refractivity contribution in [3.63, 3.8) is 0 Å². The van der Waals surface area contributed by atoms with E-state index < -0.39 is 0 Å². The van der Waals surface area contributed by atoms with Crippen molar-refractivity contribution < 1.29 is 0 Å². The SMILES string of the molecule is CN(CCCCCCN)CC1CCN(C)C1. The summed E-state index contributed by atoms with van der Waals surface area (Å²) < 4.78 is 0. The lowest BCUT2D eigenvalue weighted by molar-refractivity contribution is 0.268. The molecule has 1 saturated heterocycles. The molecule has 1 aliphatic rings. The van der Waals surface area contributed by atoms with E-state index in [0.717, 1.165) is 12.5 Å². The Morgan fingerprint density at radius 2 is 2.00 bits per heavy atom. The third-order valence-electron chi connectivity index (χ3n) is 3.55. The first kappa shape index (κ1) is 13.9. The first-order valence-electron chi connectivity index (χ1n) is 6.79. The summed E-state index contributed by atoms with van der Waals surface area (Å²) >= 11 is 0. The van der Waals surface area contributed by atoms with Crippen LogP contribution in [-0.2, 0) is 0 Å². The normalized spacial score (nSPS) is 22.1. The molecule has 1 heterocycles. The molecule has 1 unspecified atom stereocenters. The zero-order chi connectivity index (χ0) is 11.8. The molecule has 0 amide bonds. The van der Waals surface area contributed by atoms with E-state index in [1.165, 1.54) is 58.3 Å². The molecule has 0 saturated carbocycles. The molecule has 0 aromatic heterocycles. The monoisotopic (exact) mass is 227 g/mol. The summed E-state index contributed by atoms with van der Waals surface area (Å²) in [5, 5.41) is 0. The quantitative estimate of drug-likeness (QED) is 0.636. The molecule has 0 spiro atoms. The third kappa shape index (κ3) is 5.83. The number of hydrogen-bond acceptors (Lipinski definition) is 3. The Bertz CT molecular complexity index is 173. The molecule has 1 atom stereocenters. The Morgan fingerprint density at radius 3 is 2.62 bits per heavy atom. The summed E-state index contributed by atoms with van der Waals surface area (Å²) in [7, 11) is 4.49. The van der Waals surface area contributed by atoms with Gasteiger partial charge in [0.05, 0.1) is 0 Å². The predicted molar refractivity (Wildman–Crippen MR) is 70.6 cm³/mol. The number of nitrogens with zero attached hydrogens (tertiary/aromatic N) is 2. The Hall–Kier alpha value is -0.120. The molecule has 96 valence electrons. The van der Waals surface area contributed by atoms with Crippen LogP contribution in [0.2, 0.25) is 0 Å². The van der Waals surface area contributed by atoms with Gasteiger partial charge in [0.25, 0.3) is 0 Å². The van der Waals surface area contributed by atoms with E-state index in [0.29, 0.717) is 0 Å². The molecule has 3 nitrogen and oxygen atoms in total. The minimum absolute atomic E-state index is 0.851. The molecule has 16 heavy (non-hydrogen) atoms. The van der Waals surface area contributed by atoms with Crippen LogP contribution in [0.5, 0.6) is 0 Å². The number of rotatable bonds is 8. The lowest BCUT2D eigenvalue weighted by Crippen LogP contribution is -2.28. The molecule has 1 rings (SSSR count). The van der Waals surface area contributed by atoms with Gasteiger partial charge >= 0.3 is 0 Å². The number of likely N-dealkylation sites (tertiary alicyclic amines) is 1. The lowest BCUT2D eigenvalue weighted by Gasteiger charge is -2.20. The number of unbranched alkanes of at least 4 members (excludes halogenated alkanes) is 3. The van der Waals surface area contributed by atoms with Gasteiger partial charge in [0, 0.05) is 13.1 Å². The molecule has 3 heteroatoms. The van der Waals surface area contributed by atoms with Crippen molar-refractivity contribution in [2.24, 2.45) is 11.7 Å². The van der Waals surface area contributed by atoms with Crippen LogP contribution in [0.15, 0.2) is 0 Å². The van der Waals surface area contributed by atoms with Crippen LogP contribution in [-0.4, -0.2) is 56.6 Å². The summed E-state index contributed by atoms with van der Waals surface area (Å²) in [6, 6.07) is 0. The van der Waals surface area contributed by atoms with Crippen molar-refractivity contribution in [1.29, 1.82) is 0 Å². The largest absolute Gasteiger partial charge is 0.330 e. The zero-order valence-corrected chi connectivity index (χ0v) is 11.1. The van der Waals surface area contributed by atoms with Crippen LogP contribution in [0, 0.1) is 5.92 Å². The van der Waals surface area contributed by atoms with Crippen molar-refractivity contribution in [1.82, 2.24) is 9.80 Å². The maximum Gasteiger partial charge on any atom is 0.00193 e. The highest BCUT2D eigenvalue weighted by Gasteiger charge is 2.20. The van der Waals surface area contributed by atoms with E-state index in [1.54, 1.807) is 0 Å². The van der Waals surface area contributed by atoms with Crippen LogP contribution >= 0.6 is 0 Å². The molecule has 0 bridgehead atoms. The van der Waals surface area contributed by atoms with Gasteiger partial charge in [-0.05, 0) is 58.9 Å². The van der Waals surface area contributed by atoms with Crippen molar-refractivity contribution in [3.05, 3.63) is 0 Å². The Kier molecular flexibility index (Phi) is 7.01. The van der Waals surface area contributed by atoms with Crippen molar-refractivity contribution in [3.8, 4) is 0 Å². The van der Waals surface area contributed by atoms with E-state index in [4.69, 9.17) is 5.73 Å². The van der Waals surface area contributed by atoms with E-state index in [1.807, 2.05) is 0 Å².